The molecule has 3 nitrogen and oxygen atoms in total. The minimum absolute atomic E-state index is 0. The van der Waals surface area contributed by atoms with Crippen LogP contribution in [-0.2, 0) is 11.3 Å². The van der Waals surface area contributed by atoms with Gasteiger partial charge in [-0.05, 0) is 6.92 Å². The number of ether oxygens (including phenoxy) is 1. The van der Waals surface area contributed by atoms with Gasteiger partial charge in [0.05, 0.1) is 18.6 Å². The van der Waals surface area contributed by atoms with E-state index in [0.29, 0.717) is 6.61 Å². The van der Waals surface area contributed by atoms with Crippen LogP contribution in [0, 0.1) is 6.92 Å². The normalized spacial score (nSPS) is 9.00. The van der Waals surface area contributed by atoms with Crippen LogP contribution in [0.1, 0.15) is 11.4 Å². The van der Waals surface area contributed by atoms with E-state index >= 15 is 0 Å². The molecule has 0 saturated carbocycles. The van der Waals surface area contributed by atoms with Crippen molar-refractivity contribution in [3.63, 3.8) is 0 Å². The van der Waals surface area contributed by atoms with E-state index in [1.807, 2.05) is 6.92 Å². The highest BCUT2D eigenvalue weighted by Crippen LogP contribution is 2.00. The maximum Gasteiger partial charge on any atom is 0.0926 e. The summed E-state index contributed by atoms with van der Waals surface area (Å²) in [6.45, 7) is 2.57. The molecule has 0 radical (unpaired) electrons. The summed E-state index contributed by atoms with van der Waals surface area (Å²) in [6.07, 6.45) is 1.67. The summed E-state index contributed by atoms with van der Waals surface area (Å²) in [7, 11) is 1.66. The summed E-state index contributed by atoms with van der Waals surface area (Å²) in [6, 6.07) is 0. The third kappa shape index (κ3) is 2.01. The standard InChI is InChI=1S/C6H10N2O.ClH/c1-5-6(3-9-2)8-4-7-5;/h4H,3H2,1-2H3,(H,7,8);1H. The Kier molecular flexibility index (Phi) is 4.07. The van der Waals surface area contributed by atoms with Gasteiger partial charge in [-0.3, -0.25) is 0 Å². The lowest BCUT2D eigenvalue weighted by Crippen LogP contribution is -1.89. The molecule has 0 spiro atoms. The van der Waals surface area contributed by atoms with Crippen molar-refractivity contribution in [2.24, 2.45) is 0 Å². The summed E-state index contributed by atoms with van der Waals surface area (Å²) in [5, 5.41) is 0. The van der Waals surface area contributed by atoms with Gasteiger partial charge in [-0.1, -0.05) is 0 Å². The van der Waals surface area contributed by atoms with Crippen LogP contribution in [0.25, 0.3) is 0 Å². The maximum absolute atomic E-state index is 4.88. The van der Waals surface area contributed by atoms with Gasteiger partial charge in [0, 0.05) is 12.8 Å². The molecule has 4 heteroatoms. The molecule has 0 fully saturated rings. The number of hydrogen-bond acceptors (Lipinski definition) is 2. The molecular weight excluding hydrogens is 152 g/mol. The zero-order valence-electron chi connectivity index (χ0n) is 6.05. The van der Waals surface area contributed by atoms with Gasteiger partial charge in [-0.25, -0.2) is 4.98 Å². The first kappa shape index (κ1) is 9.46. The van der Waals surface area contributed by atoms with Gasteiger partial charge in [0.1, 0.15) is 0 Å². The predicted molar refractivity (Wildman–Crippen MR) is 41.3 cm³/mol. The van der Waals surface area contributed by atoms with E-state index in [-0.39, 0.29) is 12.4 Å². The Morgan fingerprint density at radius 2 is 2.40 bits per heavy atom. The van der Waals surface area contributed by atoms with Crippen LogP contribution in [0.5, 0.6) is 0 Å². The zero-order valence-corrected chi connectivity index (χ0v) is 6.86. The number of aromatic nitrogens is 2. The van der Waals surface area contributed by atoms with Gasteiger partial charge < -0.3 is 9.72 Å². The summed E-state index contributed by atoms with van der Waals surface area (Å²) in [4.78, 5) is 6.99. The zero-order chi connectivity index (χ0) is 6.69. The lowest BCUT2D eigenvalue weighted by Gasteiger charge is -1.92. The number of rotatable bonds is 2. The van der Waals surface area contributed by atoms with Crippen molar-refractivity contribution in [3.05, 3.63) is 17.7 Å². The smallest absolute Gasteiger partial charge is 0.0926 e. The van der Waals surface area contributed by atoms with Gasteiger partial charge in [0.15, 0.2) is 0 Å². The van der Waals surface area contributed by atoms with E-state index in [9.17, 15) is 0 Å². The molecule has 0 bridgehead atoms. The Morgan fingerprint density at radius 1 is 1.70 bits per heavy atom. The van der Waals surface area contributed by atoms with Crippen LogP contribution in [0.3, 0.4) is 0 Å². The molecule has 58 valence electrons. The fourth-order valence-corrected chi connectivity index (χ4v) is 0.669. The van der Waals surface area contributed by atoms with Crippen molar-refractivity contribution in [1.82, 2.24) is 9.97 Å². The number of halogens is 1. The van der Waals surface area contributed by atoms with Crippen LogP contribution in [0.15, 0.2) is 6.33 Å². The van der Waals surface area contributed by atoms with E-state index < -0.39 is 0 Å². The number of aryl methyl sites for hydroxylation is 1. The highest BCUT2D eigenvalue weighted by atomic mass is 35.5. The van der Waals surface area contributed by atoms with Crippen molar-refractivity contribution in [2.45, 2.75) is 13.5 Å². The Bertz CT molecular complexity index is 188. The summed E-state index contributed by atoms with van der Waals surface area (Å²) < 4.78 is 4.88. The Hall–Kier alpha value is -0.540. The molecule has 1 heterocycles. The van der Waals surface area contributed by atoms with Gasteiger partial charge >= 0.3 is 0 Å². The molecule has 0 unspecified atom stereocenters. The minimum atomic E-state index is 0. The number of nitrogens with one attached hydrogen (secondary N) is 1. The molecule has 0 aliphatic carbocycles. The first-order valence-corrected chi connectivity index (χ1v) is 2.82. The molecule has 0 amide bonds. The first-order valence-electron chi connectivity index (χ1n) is 2.82. The molecule has 1 aromatic heterocycles. The molecule has 10 heavy (non-hydrogen) atoms. The van der Waals surface area contributed by atoms with Crippen molar-refractivity contribution < 1.29 is 4.74 Å². The second-order valence-corrected chi connectivity index (χ2v) is 1.91. The fraction of sp³-hybridized carbons (Fsp3) is 0.500. The SMILES string of the molecule is COCc1nc[nH]c1C.Cl. The number of nitrogens with zero attached hydrogens (tertiary/aromatic N) is 1. The molecule has 0 aliphatic rings. The summed E-state index contributed by atoms with van der Waals surface area (Å²) in [5.41, 5.74) is 2.06. The van der Waals surface area contributed by atoms with Crippen LogP contribution in [0.2, 0.25) is 0 Å². The van der Waals surface area contributed by atoms with Crippen molar-refractivity contribution in [1.29, 1.82) is 0 Å². The van der Waals surface area contributed by atoms with E-state index in [4.69, 9.17) is 4.74 Å². The third-order valence-corrected chi connectivity index (χ3v) is 1.22. The number of hydrogen-bond donors (Lipinski definition) is 1. The van der Waals surface area contributed by atoms with Crippen molar-refractivity contribution in [2.75, 3.05) is 7.11 Å². The van der Waals surface area contributed by atoms with Crippen LogP contribution >= 0.6 is 12.4 Å². The van der Waals surface area contributed by atoms with Gasteiger partial charge in [-0.2, -0.15) is 0 Å². The highest BCUT2D eigenvalue weighted by Gasteiger charge is 1.96. The number of imidazole rings is 1. The molecule has 0 aromatic carbocycles. The summed E-state index contributed by atoms with van der Waals surface area (Å²) >= 11 is 0. The van der Waals surface area contributed by atoms with Crippen molar-refractivity contribution in [3.8, 4) is 0 Å². The quantitative estimate of drug-likeness (QED) is 0.712. The second-order valence-electron chi connectivity index (χ2n) is 1.91. The third-order valence-electron chi connectivity index (χ3n) is 1.22. The number of aromatic amines is 1. The van der Waals surface area contributed by atoms with Gasteiger partial charge in [-0.15, -0.1) is 12.4 Å². The van der Waals surface area contributed by atoms with E-state index in [1.54, 1.807) is 13.4 Å². The molecule has 0 saturated heterocycles. The Labute approximate surface area is 66.2 Å². The molecule has 1 aromatic rings. The fourth-order valence-electron chi connectivity index (χ4n) is 0.669. The largest absolute Gasteiger partial charge is 0.378 e. The minimum Gasteiger partial charge on any atom is -0.378 e. The predicted octanol–water partition coefficient (Wildman–Crippen LogP) is 1.29. The van der Waals surface area contributed by atoms with E-state index in [1.165, 1.54) is 0 Å². The average molecular weight is 163 g/mol. The molecule has 1 rings (SSSR count). The number of H-pyrrole nitrogens is 1. The Morgan fingerprint density at radius 3 is 2.80 bits per heavy atom. The average Bonchev–Trinajstić information content (AvgIpc) is 2.18. The molecule has 1 N–H and O–H groups in total. The Balaban J connectivity index is 0.000000810. The highest BCUT2D eigenvalue weighted by molar-refractivity contribution is 5.85. The first-order chi connectivity index (χ1) is 4.34. The molecule has 0 atom stereocenters. The van der Waals surface area contributed by atoms with Gasteiger partial charge in [0.25, 0.3) is 0 Å². The van der Waals surface area contributed by atoms with Crippen molar-refractivity contribution >= 4 is 12.4 Å². The molecule has 0 aliphatic heterocycles. The van der Waals surface area contributed by atoms with E-state index in [2.05, 4.69) is 9.97 Å². The lowest BCUT2D eigenvalue weighted by molar-refractivity contribution is 0.181. The monoisotopic (exact) mass is 162 g/mol. The molecular formula is C6H11ClN2O. The van der Waals surface area contributed by atoms with E-state index in [0.717, 1.165) is 11.4 Å². The topological polar surface area (TPSA) is 37.9 Å². The lowest BCUT2D eigenvalue weighted by atomic mass is 10.4. The van der Waals surface area contributed by atoms with Crippen LogP contribution in [0.4, 0.5) is 0 Å². The summed E-state index contributed by atoms with van der Waals surface area (Å²) in [5.74, 6) is 0. The van der Waals surface area contributed by atoms with Gasteiger partial charge in [0.2, 0.25) is 0 Å². The van der Waals surface area contributed by atoms with Crippen LogP contribution in [-0.4, -0.2) is 17.1 Å². The maximum atomic E-state index is 4.88. The second kappa shape index (κ2) is 4.30. The number of methoxy groups -OCH3 is 1. The van der Waals surface area contributed by atoms with Crippen LogP contribution < -0.4 is 0 Å².